The first-order valence-electron chi connectivity index (χ1n) is 6.11. The van der Waals surface area contributed by atoms with Gasteiger partial charge >= 0.3 is 0 Å². The molecule has 2 nitrogen and oxygen atoms in total. The predicted octanol–water partition coefficient (Wildman–Crippen LogP) is 2.85. The molecule has 1 aliphatic rings. The number of aromatic amines is 1. The molecule has 0 bridgehead atoms. The molecule has 3 N–H and O–H groups in total. The van der Waals surface area contributed by atoms with Crippen LogP contribution in [-0.4, -0.2) is 11.5 Å². The van der Waals surface area contributed by atoms with Gasteiger partial charge in [0, 0.05) is 29.1 Å². The van der Waals surface area contributed by atoms with Crippen molar-refractivity contribution in [2.75, 3.05) is 6.54 Å². The lowest BCUT2D eigenvalue weighted by Gasteiger charge is -2.20. The van der Waals surface area contributed by atoms with Crippen LogP contribution in [0, 0.1) is 6.92 Å². The largest absolute Gasteiger partial charge is 0.358 e. The maximum absolute atomic E-state index is 5.85. The van der Waals surface area contributed by atoms with Gasteiger partial charge in [0.1, 0.15) is 0 Å². The summed E-state index contributed by atoms with van der Waals surface area (Å²) in [5.41, 5.74) is 11.4. The number of aromatic nitrogens is 1. The zero-order valence-corrected chi connectivity index (χ0v) is 9.72. The van der Waals surface area contributed by atoms with Crippen LogP contribution in [0.4, 0.5) is 0 Å². The molecule has 2 aromatic rings. The van der Waals surface area contributed by atoms with Gasteiger partial charge < -0.3 is 10.7 Å². The van der Waals surface area contributed by atoms with Crippen LogP contribution in [0.5, 0.6) is 0 Å². The fourth-order valence-corrected chi connectivity index (χ4v) is 2.91. The number of nitrogens with two attached hydrogens (primary N) is 1. The van der Waals surface area contributed by atoms with Crippen LogP contribution in [0.3, 0.4) is 0 Å². The number of rotatable bonds is 1. The Bertz CT molecular complexity index is 525. The molecular formula is C14H18N2. The Balaban J connectivity index is 2.24. The molecule has 16 heavy (non-hydrogen) atoms. The van der Waals surface area contributed by atoms with Crippen LogP contribution in [0.15, 0.2) is 18.2 Å². The van der Waals surface area contributed by atoms with Gasteiger partial charge in [-0.15, -0.1) is 0 Å². The summed E-state index contributed by atoms with van der Waals surface area (Å²) >= 11 is 0. The van der Waals surface area contributed by atoms with Crippen LogP contribution in [0.25, 0.3) is 10.9 Å². The van der Waals surface area contributed by atoms with E-state index in [4.69, 9.17) is 5.73 Å². The SMILES string of the molecule is Cc1ccc2[nH]c3c(c2c1)CCC[C@@H]3CN. The number of H-pyrrole nitrogens is 1. The number of nitrogens with one attached hydrogen (secondary N) is 1. The van der Waals surface area contributed by atoms with Crippen molar-refractivity contribution in [3.05, 3.63) is 35.0 Å². The lowest BCUT2D eigenvalue weighted by Crippen LogP contribution is -2.17. The highest BCUT2D eigenvalue weighted by Gasteiger charge is 2.22. The highest BCUT2D eigenvalue weighted by Crippen LogP contribution is 2.35. The van der Waals surface area contributed by atoms with Crippen LogP contribution in [0.1, 0.15) is 35.6 Å². The molecule has 1 aromatic carbocycles. The summed E-state index contributed by atoms with van der Waals surface area (Å²) in [5.74, 6) is 0.538. The van der Waals surface area contributed by atoms with E-state index in [1.165, 1.54) is 47.0 Å². The minimum absolute atomic E-state index is 0.538. The maximum atomic E-state index is 5.85. The van der Waals surface area contributed by atoms with Gasteiger partial charge in [-0.25, -0.2) is 0 Å². The third-order valence-electron chi connectivity index (χ3n) is 3.77. The molecule has 1 heterocycles. The fourth-order valence-electron chi connectivity index (χ4n) is 2.91. The first kappa shape index (κ1) is 9.91. The number of hydrogen-bond acceptors (Lipinski definition) is 1. The standard InChI is InChI=1S/C14H18N2/c1-9-5-6-13-12(7-9)11-4-2-3-10(8-15)14(11)16-13/h5-7,10,16H,2-4,8,15H2,1H3/t10-/m1/s1. The fraction of sp³-hybridized carbons (Fsp3) is 0.429. The Morgan fingerprint density at radius 1 is 1.44 bits per heavy atom. The van der Waals surface area contributed by atoms with E-state index in [0.29, 0.717) is 5.92 Å². The van der Waals surface area contributed by atoms with Gasteiger partial charge in [0.05, 0.1) is 0 Å². The zero-order valence-electron chi connectivity index (χ0n) is 9.72. The van der Waals surface area contributed by atoms with E-state index in [9.17, 15) is 0 Å². The Morgan fingerprint density at radius 2 is 2.31 bits per heavy atom. The van der Waals surface area contributed by atoms with Crippen molar-refractivity contribution in [2.24, 2.45) is 5.73 Å². The summed E-state index contributed by atoms with van der Waals surface area (Å²) in [7, 11) is 0. The van der Waals surface area contributed by atoms with Crippen LogP contribution < -0.4 is 5.73 Å². The molecule has 2 heteroatoms. The molecule has 84 valence electrons. The van der Waals surface area contributed by atoms with E-state index in [0.717, 1.165) is 6.54 Å². The van der Waals surface area contributed by atoms with Crippen molar-refractivity contribution in [2.45, 2.75) is 32.1 Å². The summed E-state index contributed by atoms with van der Waals surface area (Å²) in [6.07, 6.45) is 3.71. The summed E-state index contributed by atoms with van der Waals surface area (Å²) in [6, 6.07) is 6.65. The molecule has 0 amide bonds. The quantitative estimate of drug-likeness (QED) is 0.753. The zero-order chi connectivity index (χ0) is 11.1. The van der Waals surface area contributed by atoms with E-state index in [2.05, 4.69) is 30.1 Å². The summed E-state index contributed by atoms with van der Waals surface area (Å²) in [4.78, 5) is 3.56. The molecule has 0 fully saturated rings. The van der Waals surface area contributed by atoms with Gasteiger partial charge in [0.15, 0.2) is 0 Å². The van der Waals surface area contributed by atoms with E-state index >= 15 is 0 Å². The molecule has 3 rings (SSSR count). The molecule has 0 unspecified atom stereocenters. The molecule has 1 atom stereocenters. The summed E-state index contributed by atoms with van der Waals surface area (Å²) in [5, 5.41) is 1.41. The minimum atomic E-state index is 0.538. The van der Waals surface area contributed by atoms with Crippen LogP contribution in [0.2, 0.25) is 0 Å². The van der Waals surface area contributed by atoms with Gasteiger partial charge in [0.2, 0.25) is 0 Å². The molecular weight excluding hydrogens is 196 g/mol. The number of hydrogen-bond donors (Lipinski definition) is 2. The highest BCUT2D eigenvalue weighted by molar-refractivity contribution is 5.85. The third kappa shape index (κ3) is 1.37. The topological polar surface area (TPSA) is 41.8 Å². The van der Waals surface area contributed by atoms with Gasteiger partial charge in [-0.05, 0) is 43.9 Å². The van der Waals surface area contributed by atoms with Crippen molar-refractivity contribution in [3.8, 4) is 0 Å². The third-order valence-corrected chi connectivity index (χ3v) is 3.77. The molecule has 0 saturated carbocycles. The second kappa shape index (κ2) is 3.63. The lowest BCUT2D eigenvalue weighted by molar-refractivity contribution is 0.553. The molecule has 1 aliphatic carbocycles. The van der Waals surface area contributed by atoms with Gasteiger partial charge in [-0.3, -0.25) is 0 Å². The van der Waals surface area contributed by atoms with Crippen molar-refractivity contribution >= 4 is 10.9 Å². The van der Waals surface area contributed by atoms with Crippen molar-refractivity contribution < 1.29 is 0 Å². The van der Waals surface area contributed by atoms with Gasteiger partial charge in [0.25, 0.3) is 0 Å². The number of benzene rings is 1. The van der Waals surface area contributed by atoms with E-state index in [-0.39, 0.29) is 0 Å². The molecule has 0 radical (unpaired) electrons. The van der Waals surface area contributed by atoms with Crippen LogP contribution >= 0.6 is 0 Å². The monoisotopic (exact) mass is 214 g/mol. The number of fused-ring (bicyclic) bond motifs is 3. The second-order valence-corrected chi connectivity index (χ2v) is 4.89. The van der Waals surface area contributed by atoms with Crippen molar-refractivity contribution in [3.63, 3.8) is 0 Å². The van der Waals surface area contributed by atoms with Gasteiger partial charge in [-0.1, -0.05) is 11.6 Å². The molecule has 1 aromatic heterocycles. The first-order valence-corrected chi connectivity index (χ1v) is 6.11. The van der Waals surface area contributed by atoms with E-state index in [1.807, 2.05) is 0 Å². The van der Waals surface area contributed by atoms with Crippen molar-refractivity contribution in [1.29, 1.82) is 0 Å². The molecule has 0 spiro atoms. The Hall–Kier alpha value is -1.28. The predicted molar refractivity (Wildman–Crippen MR) is 67.8 cm³/mol. The Labute approximate surface area is 95.8 Å². The summed E-state index contributed by atoms with van der Waals surface area (Å²) < 4.78 is 0. The second-order valence-electron chi connectivity index (χ2n) is 4.89. The molecule has 0 aliphatic heterocycles. The molecule has 0 saturated heterocycles. The first-order chi connectivity index (χ1) is 7.79. The normalized spacial score (nSPS) is 20.0. The highest BCUT2D eigenvalue weighted by atomic mass is 14.8. The average molecular weight is 214 g/mol. The van der Waals surface area contributed by atoms with E-state index in [1.54, 1.807) is 0 Å². The van der Waals surface area contributed by atoms with E-state index < -0.39 is 0 Å². The number of aryl methyl sites for hydroxylation is 2. The summed E-state index contributed by atoms with van der Waals surface area (Å²) in [6.45, 7) is 2.92. The maximum Gasteiger partial charge on any atom is 0.0459 e. The smallest absolute Gasteiger partial charge is 0.0459 e. The lowest BCUT2D eigenvalue weighted by atomic mass is 9.87. The van der Waals surface area contributed by atoms with Crippen molar-refractivity contribution in [1.82, 2.24) is 4.98 Å². The Morgan fingerprint density at radius 3 is 3.12 bits per heavy atom. The van der Waals surface area contributed by atoms with Crippen LogP contribution in [-0.2, 0) is 6.42 Å². The Kier molecular flexibility index (Phi) is 2.25. The average Bonchev–Trinajstić information content (AvgIpc) is 2.67. The van der Waals surface area contributed by atoms with Gasteiger partial charge in [-0.2, -0.15) is 0 Å². The minimum Gasteiger partial charge on any atom is -0.358 e.